The van der Waals surface area contributed by atoms with Crippen LogP contribution in [0.4, 0.5) is 11.5 Å². The Morgan fingerprint density at radius 1 is 1.35 bits per heavy atom. The van der Waals surface area contributed by atoms with Crippen molar-refractivity contribution in [3.63, 3.8) is 0 Å². The molecule has 0 bridgehead atoms. The highest BCUT2D eigenvalue weighted by atomic mass is 16.6. The van der Waals surface area contributed by atoms with Crippen molar-refractivity contribution >= 4 is 17.4 Å². The number of carbonyl (C=O) groups is 1. The van der Waals surface area contributed by atoms with E-state index < -0.39 is 4.92 Å². The third-order valence-corrected chi connectivity index (χ3v) is 2.42. The molecule has 0 saturated heterocycles. The first-order chi connectivity index (χ1) is 9.66. The number of carbonyl (C=O) groups excluding carboxylic acids is 1. The first kappa shape index (κ1) is 13.5. The van der Waals surface area contributed by atoms with Gasteiger partial charge in [0.1, 0.15) is 12.0 Å². The van der Waals surface area contributed by atoms with Crippen molar-refractivity contribution in [1.29, 1.82) is 0 Å². The van der Waals surface area contributed by atoms with Crippen molar-refractivity contribution in [1.82, 2.24) is 10.3 Å². The minimum absolute atomic E-state index is 0.0679. The van der Waals surface area contributed by atoms with Crippen molar-refractivity contribution < 1.29 is 14.1 Å². The second-order valence-electron chi connectivity index (χ2n) is 3.82. The summed E-state index contributed by atoms with van der Waals surface area (Å²) in [6, 6.07) is 6.07. The average molecular weight is 276 g/mol. The monoisotopic (exact) mass is 276 g/mol. The van der Waals surface area contributed by atoms with Crippen molar-refractivity contribution in [2.24, 2.45) is 0 Å². The maximum atomic E-state index is 11.5. The van der Waals surface area contributed by atoms with Crippen molar-refractivity contribution in [3.05, 3.63) is 52.6 Å². The molecule has 20 heavy (non-hydrogen) atoms. The smallest absolute Gasteiger partial charge is 0.287 e. The standard InChI is InChI=1S/C12H12N4O4/c17-12(10-2-1-7-20-10)14-6-5-13-11-4-3-9(8-15-11)16(18)19/h1-4,7-8H,5-6H2,(H,13,15)(H,14,17). The zero-order chi connectivity index (χ0) is 14.4. The van der Waals surface area contributed by atoms with Gasteiger partial charge in [-0.15, -0.1) is 0 Å². The lowest BCUT2D eigenvalue weighted by Crippen LogP contribution is -2.28. The molecule has 104 valence electrons. The second-order valence-corrected chi connectivity index (χ2v) is 3.82. The molecule has 0 aliphatic heterocycles. The van der Waals surface area contributed by atoms with E-state index in [-0.39, 0.29) is 17.4 Å². The summed E-state index contributed by atoms with van der Waals surface area (Å²) in [7, 11) is 0. The SMILES string of the molecule is O=C(NCCNc1ccc([N+](=O)[O-])cn1)c1ccco1. The molecule has 0 aliphatic rings. The van der Waals surface area contributed by atoms with Gasteiger partial charge in [0.2, 0.25) is 0 Å². The number of hydrogen-bond donors (Lipinski definition) is 2. The summed E-state index contributed by atoms with van der Waals surface area (Å²) in [6.45, 7) is 0.815. The minimum Gasteiger partial charge on any atom is -0.459 e. The summed E-state index contributed by atoms with van der Waals surface area (Å²) < 4.78 is 4.94. The first-order valence-electron chi connectivity index (χ1n) is 5.83. The Morgan fingerprint density at radius 2 is 2.20 bits per heavy atom. The summed E-state index contributed by atoms with van der Waals surface area (Å²) in [6.07, 6.45) is 2.59. The number of nitrogens with one attached hydrogen (secondary N) is 2. The fourth-order valence-electron chi connectivity index (χ4n) is 1.46. The molecule has 2 heterocycles. The second kappa shape index (κ2) is 6.32. The number of anilines is 1. The summed E-state index contributed by atoms with van der Waals surface area (Å²) in [5, 5.41) is 16.0. The highest BCUT2D eigenvalue weighted by Gasteiger charge is 2.07. The van der Waals surface area contributed by atoms with E-state index >= 15 is 0 Å². The van der Waals surface area contributed by atoms with Crippen LogP contribution in [0.5, 0.6) is 0 Å². The van der Waals surface area contributed by atoms with E-state index in [1.165, 1.54) is 24.6 Å². The average Bonchev–Trinajstić information content (AvgIpc) is 2.98. The zero-order valence-corrected chi connectivity index (χ0v) is 10.4. The van der Waals surface area contributed by atoms with Gasteiger partial charge in [0.05, 0.1) is 11.2 Å². The van der Waals surface area contributed by atoms with Crippen LogP contribution in [0.3, 0.4) is 0 Å². The number of nitrogens with zero attached hydrogens (tertiary/aromatic N) is 2. The topological polar surface area (TPSA) is 110 Å². The predicted molar refractivity (Wildman–Crippen MR) is 70.4 cm³/mol. The molecule has 1 amide bonds. The Kier molecular flexibility index (Phi) is 4.28. The van der Waals surface area contributed by atoms with E-state index in [0.29, 0.717) is 18.9 Å². The minimum atomic E-state index is -0.514. The van der Waals surface area contributed by atoms with Gasteiger partial charge in [-0.1, -0.05) is 0 Å². The van der Waals surface area contributed by atoms with Crippen LogP contribution in [0.25, 0.3) is 0 Å². The van der Waals surface area contributed by atoms with Crippen LogP contribution in [-0.2, 0) is 0 Å². The highest BCUT2D eigenvalue weighted by molar-refractivity contribution is 5.91. The van der Waals surface area contributed by atoms with Crippen molar-refractivity contribution in [2.45, 2.75) is 0 Å². The van der Waals surface area contributed by atoms with Crippen LogP contribution in [0.2, 0.25) is 0 Å². The first-order valence-corrected chi connectivity index (χ1v) is 5.83. The summed E-state index contributed by atoms with van der Waals surface area (Å²) in [5.41, 5.74) is -0.0679. The maximum absolute atomic E-state index is 11.5. The van der Waals surface area contributed by atoms with Crippen LogP contribution in [-0.4, -0.2) is 28.9 Å². The van der Waals surface area contributed by atoms with Crippen LogP contribution >= 0.6 is 0 Å². The summed E-state index contributed by atoms with van der Waals surface area (Å²) >= 11 is 0. The molecule has 0 saturated carbocycles. The Hall–Kier alpha value is -2.90. The van der Waals surface area contributed by atoms with Crippen LogP contribution in [0.1, 0.15) is 10.6 Å². The van der Waals surface area contributed by atoms with E-state index in [2.05, 4.69) is 15.6 Å². The third-order valence-electron chi connectivity index (χ3n) is 2.42. The van der Waals surface area contributed by atoms with E-state index in [9.17, 15) is 14.9 Å². The lowest BCUT2D eigenvalue weighted by Gasteiger charge is -2.06. The molecule has 2 N–H and O–H groups in total. The Bertz CT molecular complexity index is 580. The largest absolute Gasteiger partial charge is 0.459 e. The zero-order valence-electron chi connectivity index (χ0n) is 10.4. The Morgan fingerprint density at radius 3 is 2.80 bits per heavy atom. The number of furan rings is 1. The molecule has 0 aliphatic carbocycles. The van der Waals surface area contributed by atoms with Crippen LogP contribution < -0.4 is 10.6 Å². The van der Waals surface area contributed by atoms with Gasteiger partial charge < -0.3 is 15.1 Å². The van der Waals surface area contributed by atoms with Crippen molar-refractivity contribution in [2.75, 3.05) is 18.4 Å². The molecule has 2 aromatic rings. The fourth-order valence-corrected chi connectivity index (χ4v) is 1.46. The summed E-state index contributed by atoms with van der Waals surface area (Å²) in [4.78, 5) is 25.3. The fraction of sp³-hybridized carbons (Fsp3) is 0.167. The molecule has 2 rings (SSSR count). The third kappa shape index (κ3) is 3.55. The molecular weight excluding hydrogens is 264 g/mol. The van der Waals surface area contributed by atoms with Crippen LogP contribution in [0, 0.1) is 10.1 Å². The van der Waals surface area contributed by atoms with E-state index in [4.69, 9.17) is 4.42 Å². The Balaban J connectivity index is 1.73. The molecule has 0 atom stereocenters. The number of rotatable bonds is 6. The van der Waals surface area contributed by atoms with Crippen LogP contribution in [0.15, 0.2) is 41.1 Å². The molecule has 0 radical (unpaired) electrons. The lowest BCUT2D eigenvalue weighted by molar-refractivity contribution is -0.385. The molecule has 0 aromatic carbocycles. The lowest BCUT2D eigenvalue weighted by atomic mass is 10.4. The van der Waals surface area contributed by atoms with E-state index in [1.54, 1.807) is 12.1 Å². The molecule has 8 heteroatoms. The van der Waals surface area contributed by atoms with Gasteiger partial charge in [0, 0.05) is 19.2 Å². The number of nitro groups is 1. The Labute approximate surface area is 114 Å². The molecule has 2 aromatic heterocycles. The molecule has 0 spiro atoms. The molecule has 8 nitrogen and oxygen atoms in total. The quantitative estimate of drug-likeness (QED) is 0.469. The van der Waals surface area contributed by atoms with Gasteiger partial charge in [-0.25, -0.2) is 4.98 Å². The summed E-state index contributed by atoms with van der Waals surface area (Å²) in [5.74, 6) is 0.453. The number of hydrogen-bond acceptors (Lipinski definition) is 6. The molecular formula is C12H12N4O4. The van der Waals surface area contributed by atoms with Gasteiger partial charge in [0.25, 0.3) is 11.6 Å². The molecule has 0 fully saturated rings. The van der Waals surface area contributed by atoms with Gasteiger partial charge in [-0.2, -0.15) is 0 Å². The number of aromatic nitrogens is 1. The van der Waals surface area contributed by atoms with E-state index in [1.807, 2.05) is 0 Å². The normalized spacial score (nSPS) is 10.0. The van der Waals surface area contributed by atoms with Crippen molar-refractivity contribution in [3.8, 4) is 0 Å². The van der Waals surface area contributed by atoms with Gasteiger partial charge in [0.15, 0.2) is 5.76 Å². The highest BCUT2D eigenvalue weighted by Crippen LogP contribution is 2.11. The predicted octanol–water partition coefficient (Wildman–Crippen LogP) is 1.42. The van der Waals surface area contributed by atoms with Gasteiger partial charge in [-0.3, -0.25) is 14.9 Å². The van der Waals surface area contributed by atoms with Gasteiger partial charge >= 0.3 is 0 Å². The van der Waals surface area contributed by atoms with E-state index in [0.717, 1.165) is 0 Å². The maximum Gasteiger partial charge on any atom is 0.287 e. The number of pyridine rings is 1. The number of amides is 1. The van der Waals surface area contributed by atoms with Gasteiger partial charge in [-0.05, 0) is 18.2 Å². The molecule has 0 unspecified atom stereocenters.